The lowest BCUT2D eigenvalue weighted by Gasteiger charge is -2.34. The van der Waals surface area contributed by atoms with Gasteiger partial charge in [-0.3, -0.25) is 9.88 Å². The molecule has 0 aliphatic carbocycles. The fraction of sp³-hybridized carbons (Fsp3) is 0.333. The van der Waals surface area contributed by atoms with Gasteiger partial charge >= 0.3 is 5.97 Å². The van der Waals surface area contributed by atoms with E-state index < -0.39 is 6.10 Å². The Morgan fingerprint density at radius 1 is 1.00 bits per heavy atom. The number of benzene rings is 2. The molecule has 0 saturated carbocycles. The van der Waals surface area contributed by atoms with Crippen LogP contribution in [0.2, 0.25) is 0 Å². The van der Waals surface area contributed by atoms with Gasteiger partial charge in [0.15, 0.2) is 0 Å². The van der Waals surface area contributed by atoms with E-state index in [4.69, 9.17) is 9.47 Å². The second kappa shape index (κ2) is 11.3. The number of piperidine rings is 1. The lowest BCUT2D eigenvalue weighted by molar-refractivity contribution is -0.0283. The number of ether oxygens (including phenoxy) is 2. The zero-order chi connectivity index (χ0) is 23.9. The number of rotatable bonds is 8. The van der Waals surface area contributed by atoms with Gasteiger partial charge in [0.25, 0.3) is 0 Å². The van der Waals surface area contributed by atoms with E-state index in [1.807, 2.05) is 0 Å². The highest BCUT2D eigenvalue weighted by atomic mass is 19.1. The molecule has 0 unspecified atom stereocenters. The van der Waals surface area contributed by atoms with Crippen LogP contribution < -0.4 is 0 Å². The van der Waals surface area contributed by atoms with Gasteiger partial charge in [0, 0.05) is 25.8 Å². The Bertz CT molecular complexity index is 1040. The van der Waals surface area contributed by atoms with Crippen LogP contribution in [-0.4, -0.2) is 41.7 Å². The van der Waals surface area contributed by atoms with Crippen LogP contribution in [0.25, 0.3) is 0 Å². The van der Waals surface area contributed by atoms with Crippen LogP contribution in [0.1, 0.15) is 53.0 Å². The van der Waals surface area contributed by atoms with Crippen LogP contribution in [0, 0.1) is 11.6 Å². The van der Waals surface area contributed by atoms with Crippen LogP contribution in [-0.2, 0) is 16.0 Å². The Labute approximate surface area is 198 Å². The van der Waals surface area contributed by atoms with Crippen LogP contribution in [0.4, 0.5) is 8.78 Å². The van der Waals surface area contributed by atoms with Crippen molar-refractivity contribution >= 4 is 5.97 Å². The number of carbonyl (C=O) groups excluding carboxylic acids is 1. The van der Waals surface area contributed by atoms with Crippen LogP contribution >= 0.6 is 0 Å². The minimum atomic E-state index is -0.402. The van der Waals surface area contributed by atoms with Crippen molar-refractivity contribution in [2.45, 2.75) is 38.5 Å². The summed E-state index contributed by atoms with van der Waals surface area (Å²) in [5.74, 6) is -0.961. The monoisotopic (exact) mass is 466 g/mol. The van der Waals surface area contributed by atoms with Crippen molar-refractivity contribution in [3.05, 3.63) is 101 Å². The summed E-state index contributed by atoms with van der Waals surface area (Å²) < 4.78 is 38.5. The number of likely N-dealkylation sites (tertiary alicyclic amines) is 1. The molecular weight excluding hydrogens is 438 g/mol. The second-order valence-corrected chi connectivity index (χ2v) is 8.35. The normalized spacial score (nSPS) is 14.9. The lowest BCUT2D eigenvalue weighted by Crippen LogP contribution is -2.37. The molecule has 2 aromatic carbocycles. The van der Waals surface area contributed by atoms with E-state index in [2.05, 4.69) is 9.88 Å². The van der Waals surface area contributed by atoms with Crippen molar-refractivity contribution in [2.24, 2.45) is 0 Å². The van der Waals surface area contributed by atoms with E-state index in [-0.39, 0.29) is 23.7 Å². The second-order valence-electron chi connectivity index (χ2n) is 8.35. The third-order valence-corrected chi connectivity index (χ3v) is 5.92. The summed E-state index contributed by atoms with van der Waals surface area (Å²) in [6, 6.07) is 15.9. The van der Waals surface area contributed by atoms with Gasteiger partial charge in [-0.25, -0.2) is 13.6 Å². The summed E-state index contributed by atoms with van der Waals surface area (Å²) in [5, 5.41) is 0. The van der Waals surface area contributed by atoms with Crippen molar-refractivity contribution in [3.63, 3.8) is 0 Å². The van der Waals surface area contributed by atoms with E-state index in [1.54, 1.807) is 49.5 Å². The molecule has 7 heteroatoms. The SMILES string of the molecule is CCOC(=O)c1ccnc(CN2CCC(OC(c3ccc(F)cc3)c3ccc(F)cc3)CC2)c1. The Kier molecular flexibility index (Phi) is 7.98. The zero-order valence-corrected chi connectivity index (χ0v) is 19.1. The summed E-state index contributed by atoms with van der Waals surface area (Å²) in [5.41, 5.74) is 2.98. The molecule has 1 aromatic heterocycles. The van der Waals surface area contributed by atoms with Gasteiger partial charge in [-0.05, 0) is 67.3 Å². The van der Waals surface area contributed by atoms with Gasteiger partial charge in [0.2, 0.25) is 0 Å². The van der Waals surface area contributed by atoms with Crippen molar-refractivity contribution in [1.82, 2.24) is 9.88 Å². The molecule has 0 radical (unpaired) electrons. The van der Waals surface area contributed by atoms with Gasteiger partial charge in [0.05, 0.1) is 24.0 Å². The largest absolute Gasteiger partial charge is 0.462 e. The lowest BCUT2D eigenvalue weighted by atomic mass is 10.00. The minimum Gasteiger partial charge on any atom is -0.462 e. The van der Waals surface area contributed by atoms with E-state index >= 15 is 0 Å². The Morgan fingerprint density at radius 2 is 1.59 bits per heavy atom. The number of hydrogen-bond acceptors (Lipinski definition) is 5. The molecule has 178 valence electrons. The number of hydrogen-bond donors (Lipinski definition) is 0. The van der Waals surface area contributed by atoms with Crippen molar-refractivity contribution in [2.75, 3.05) is 19.7 Å². The quantitative estimate of drug-likeness (QED) is 0.422. The van der Waals surface area contributed by atoms with Crippen LogP contribution in [0.15, 0.2) is 66.9 Å². The van der Waals surface area contributed by atoms with E-state index in [1.165, 1.54) is 24.3 Å². The van der Waals surface area contributed by atoms with Gasteiger partial charge in [-0.15, -0.1) is 0 Å². The summed E-state index contributed by atoms with van der Waals surface area (Å²) >= 11 is 0. The van der Waals surface area contributed by atoms with Gasteiger partial charge < -0.3 is 9.47 Å². The molecule has 0 N–H and O–H groups in total. The third-order valence-electron chi connectivity index (χ3n) is 5.92. The maximum absolute atomic E-state index is 13.5. The van der Waals surface area contributed by atoms with E-state index in [0.717, 1.165) is 42.8 Å². The van der Waals surface area contributed by atoms with Gasteiger partial charge in [-0.2, -0.15) is 0 Å². The molecule has 0 spiro atoms. The zero-order valence-electron chi connectivity index (χ0n) is 19.1. The Hall–Kier alpha value is -3.16. The third kappa shape index (κ3) is 6.24. The maximum Gasteiger partial charge on any atom is 0.338 e. The van der Waals surface area contributed by atoms with Crippen LogP contribution in [0.3, 0.4) is 0 Å². The minimum absolute atomic E-state index is 0.00943. The van der Waals surface area contributed by atoms with E-state index in [9.17, 15) is 13.6 Å². The molecule has 4 rings (SSSR count). The summed E-state index contributed by atoms with van der Waals surface area (Å²) in [7, 11) is 0. The molecular formula is C27H28F2N2O3. The summed E-state index contributed by atoms with van der Waals surface area (Å²) in [6.45, 7) is 4.38. The number of nitrogens with zero attached hydrogens (tertiary/aromatic N) is 2. The summed E-state index contributed by atoms with van der Waals surface area (Å²) in [6.07, 6.45) is 2.87. The smallest absolute Gasteiger partial charge is 0.338 e. The molecule has 5 nitrogen and oxygen atoms in total. The molecule has 34 heavy (non-hydrogen) atoms. The average Bonchev–Trinajstić information content (AvgIpc) is 2.85. The first-order valence-corrected chi connectivity index (χ1v) is 11.5. The fourth-order valence-corrected chi connectivity index (χ4v) is 4.16. The molecule has 1 fully saturated rings. The number of halogens is 2. The molecule has 3 aromatic rings. The number of pyridine rings is 1. The van der Waals surface area contributed by atoms with Gasteiger partial charge in [-0.1, -0.05) is 24.3 Å². The first-order valence-electron chi connectivity index (χ1n) is 11.5. The Balaban J connectivity index is 1.38. The highest BCUT2D eigenvalue weighted by molar-refractivity contribution is 5.89. The molecule has 0 bridgehead atoms. The molecule has 2 heterocycles. The first-order chi connectivity index (χ1) is 16.5. The van der Waals surface area contributed by atoms with Gasteiger partial charge in [0.1, 0.15) is 17.7 Å². The number of esters is 1. The average molecular weight is 467 g/mol. The Morgan fingerprint density at radius 3 is 2.15 bits per heavy atom. The molecule has 0 amide bonds. The fourth-order valence-electron chi connectivity index (χ4n) is 4.16. The standard InChI is InChI=1S/C27H28F2N2O3/c1-2-33-27(32)21-11-14-30-24(17-21)18-31-15-12-25(13-16-31)34-26(19-3-7-22(28)8-4-19)20-5-9-23(29)10-6-20/h3-11,14,17,25-26H,2,12-13,15-16,18H2,1H3. The van der Waals surface area contributed by atoms with Crippen molar-refractivity contribution in [3.8, 4) is 0 Å². The van der Waals surface area contributed by atoms with Crippen molar-refractivity contribution in [1.29, 1.82) is 0 Å². The topological polar surface area (TPSA) is 51.7 Å². The molecule has 1 saturated heterocycles. The predicted octanol–water partition coefficient (Wildman–Crippen LogP) is 5.31. The highest BCUT2D eigenvalue weighted by Crippen LogP contribution is 2.30. The molecule has 1 aliphatic heterocycles. The first kappa shape index (κ1) is 24.0. The maximum atomic E-state index is 13.5. The number of carbonyl (C=O) groups is 1. The molecule has 0 atom stereocenters. The number of aromatic nitrogens is 1. The molecule has 1 aliphatic rings. The summed E-state index contributed by atoms with van der Waals surface area (Å²) in [4.78, 5) is 18.7. The van der Waals surface area contributed by atoms with Crippen LogP contribution in [0.5, 0.6) is 0 Å². The van der Waals surface area contributed by atoms with Crippen molar-refractivity contribution < 1.29 is 23.0 Å². The highest BCUT2D eigenvalue weighted by Gasteiger charge is 2.25. The van der Waals surface area contributed by atoms with E-state index in [0.29, 0.717) is 18.7 Å². The predicted molar refractivity (Wildman–Crippen MR) is 124 cm³/mol.